The number of halogens is 2. The van der Waals surface area contributed by atoms with E-state index in [0.29, 0.717) is 22.4 Å². The molecule has 0 amide bonds. The Morgan fingerprint density at radius 1 is 1.03 bits per heavy atom. The summed E-state index contributed by atoms with van der Waals surface area (Å²) in [5.41, 5.74) is 2.27. The molecule has 0 radical (unpaired) electrons. The van der Waals surface area contributed by atoms with Crippen molar-refractivity contribution in [1.82, 2.24) is 9.80 Å². The van der Waals surface area contributed by atoms with Crippen LogP contribution in [0.25, 0.3) is 0 Å². The number of hydrogen-bond donors (Lipinski definition) is 1. The molecule has 0 bridgehead atoms. The third-order valence-electron chi connectivity index (χ3n) is 7.13. The van der Waals surface area contributed by atoms with Gasteiger partial charge in [0, 0.05) is 25.7 Å². The predicted molar refractivity (Wildman–Crippen MR) is 137 cm³/mol. The molecule has 7 heteroatoms. The number of aryl methyl sites for hydroxylation is 1. The van der Waals surface area contributed by atoms with Crippen LogP contribution in [-0.4, -0.2) is 65.7 Å². The van der Waals surface area contributed by atoms with Gasteiger partial charge >= 0.3 is 5.97 Å². The third-order valence-corrected chi connectivity index (χ3v) is 7.87. The Hall–Kier alpha value is -1.79. The van der Waals surface area contributed by atoms with Crippen molar-refractivity contribution in [3.05, 3.63) is 63.6 Å². The number of carboxylic acids is 1. The first-order valence-corrected chi connectivity index (χ1v) is 13.0. The van der Waals surface area contributed by atoms with Crippen molar-refractivity contribution in [1.29, 1.82) is 0 Å². The van der Waals surface area contributed by atoms with Crippen molar-refractivity contribution >= 4 is 29.2 Å². The van der Waals surface area contributed by atoms with Gasteiger partial charge in [-0.3, -0.25) is 9.69 Å². The Labute approximate surface area is 212 Å². The molecule has 2 saturated heterocycles. The number of aliphatic carboxylic acids is 1. The number of rotatable bonds is 8. The van der Waals surface area contributed by atoms with E-state index in [2.05, 4.69) is 15.9 Å². The summed E-state index contributed by atoms with van der Waals surface area (Å²) in [5, 5.41) is 10.9. The van der Waals surface area contributed by atoms with Crippen LogP contribution in [-0.2, 0) is 11.2 Å². The molecule has 184 valence electrons. The molecule has 2 aromatic carbocycles. The van der Waals surface area contributed by atoms with Gasteiger partial charge in [-0.2, -0.15) is 0 Å². The van der Waals surface area contributed by atoms with Gasteiger partial charge in [-0.1, -0.05) is 53.0 Å². The summed E-state index contributed by atoms with van der Waals surface area (Å²) < 4.78 is 6.12. The highest BCUT2D eigenvalue weighted by Crippen LogP contribution is 2.29. The molecule has 0 saturated carbocycles. The van der Waals surface area contributed by atoms with Crippen LogP contribution < -0.4 is 4.74 Å². The van der Waals surface area contributed by atoms with E-state index in [1.807, 2.05) is 31.2 Å². The summed E-state index contributed by atoms with van der Waals surface area (Å²) >= 11 is 12.1. The fraction of sp³-hybridized carbons (Fsp3) is 0.519. The standard InChI is InChI=1S/C27H34Cl2N2O3/c1-19-3-2-4-21(15-19)16-26(27(32)33)31-13-7-20(8-14-31)18-30-11-9-22(10-12-30)34-23-5-6-24(28)25(29)17-23/h2-6,15,17,20,22,26H,7-14,16,18H2,1H3,(H,32,33)/t26-/m0/s1. The first kappa shape index (κ1) is 25.3. The van der Waals surface area contributed by atoms with Gasteiger partial charge in [0.1, 0.15) is 17.9 Å². The highest BCUT2D eigenvalue weighted by atomic mass is 35.5. The second-order valence-electron chi connectivity index (χ2n) is 9.72. The molecule has 2 fully saturated rings. The Morgan fingerprint density at radius 3 is 2.41 bits per heavy atom. The minimum Gasteiger partial charge on any atom is -0.490 e. The molecule has 34 heavy (non-hydrogen) atoms. The van der Waals surface area contributed by atoms with Crippen LogP contribution in [0.4, 0.5) is 0 Å². The van der Waals surface area contributed by atoms with E-state index in [9.17, 15) is 9.90 Å². The SMILES string of the molecule is Cc1cccc(C[C@@H](C(=O)O)N2CCC(CN3CCC(Oc4ccc(Cl)c(Cl)c4)CC3)CC2)c1. The van der Waals surface area contributed by atoms with Gasteiger partial charge in [-0.05, 0) is 75.7 Å². The van der Waals surface area contributed by atoms with Crippen LogP contribution in [0, 0.1) is 12.8 Å². The van der Waals surface area contributed by atoms with E-state index in [0.717, 1.165) is 69.7 Å². The van der Waals surface area contributed by atoms with Crippen molar-refractivity contribution in [2.75, 3.05) is 32.7 Å². The van der Waals surface area contributed by atoms with Gasteiger partial charge in [0.25, 0.3) is 0 Å². The van der Waals surface area contributed by atoms with E-state index < -0.39 is 12.0 Å². The van der Waals surface area contributed by atoms with E-state index in [1.54, 1.807) is 12.1 Å². The van der Waals surface area contributed by atoms with Crippen molar-refractivity contribution in [3.63, 3.8) is 0 Å². The van der Waals surface area contributed by atoms with Gasteiger partial charge in [-0.25, -0.2) is 0 Å². The van der Waals surface area contributed by atoms with Crippen LogP contribution in [0.5, 0.6) is 5.75 Å². The van der Waals surface area contributed by atoms with Gasteiger partial charge < -0.3 is 14.7 Å². The van der Waals surface area contributed by atoms with Gasteiger partial charge in [0.05, 0.1) is 10.0 Å². The molecule has 2 aliphatic rings. The lowest BCUT2D eigenvalue weighted by molar-refractivity contribution is -0.144. The molecular weight excluding hydrogens is 471 g/mol. The Bertz CT molecular complexity index is 970. The fourth-order valence-electron chi connectivity index (χ4n) is 5.20. The van der Waals surface area contributed by atoms with Crippen LogP contribution in [0.1, 0.15) is 36.8 Å². The average Bonchev–Trinajstić information content (AvgIpc) is 2.82. The number of benzene rings is 2. The smallest absolute Gasteiger partial charge is 0.321 e. The molecule has 5 nitrogen and oxygen atoms in total. The Morgan fingerprint density at radius 2 is 1.76 bits per heavy atom. The molecule has 2 aromatic rings. The minimum atomic E-state index is -0.719. The van der Waals surface area contributed by atoms with Crippen molar-refractivity contribution in [3.8, 4) is 5.75 Å². The van der Waals surface area contributed by atoms with Gasteiger partial charge in [0.15, 0.2) is 0 Å². The molecular formula is C27H34Cl2N2O3. The lowest BCUT2D eigenvalue weighted by Crippen LogP contribution is -2.48. The maximum atomic E-state index is 12.0. The zero-order valence-electron chi connectivity index (χ0n) is 19.8. The van der Waals surface area contributed by atoms with E-state index in [4.69, 9.17) is 27.9 Å². The van der Waals surface area contributed by atoms with E-state index >= 15 is 0 Å². The predicted octanol–water partition coefficient (Wildman–Crippen LogP) is 5.55. The number of ether oxygens (including phenoxy) is 1. The molecule has 1 N–H and O–H groups in total. The molecule has 1 atom stereocenters. The first-order valence-electron chi connectivity index (χ1n) is 12.2. The molecule has 2 aliphatic heterocycles. The molecule has 0 unspecified atom stereocenters. The molecule has 0 aromatic heterocycles. The molecule has 4 rings (SSSR count). The summed E-state index contributed by atoms with van der Waals surface area (Å²) in [7, 11) is 0. The maximum Gasteiger partial charge on any atom is 0.321 e. The quantitative estimate of drug-likeness (QED) is 0.510. The van der Waals surface area contributed by atoms with E-state index in [-0.39, 0.29) is 6.10 Å². The Kier molecular flexibility index (Phi) is 8.75. The fourth-order valence-corrected chi connectivity index (χ4v) is 5.49. The average molecular weight is 505 g/mol. The molecule has 2 heterocycles. The largest absolute Gasteiger partial charge is 0.490 e. The normalized spacial score (nSPS) is 19.7. The van der Waals surface area contributed by atoms with Crippen LogP contribution >= 0.6 is 23.2 Å². The first-order chi connectivity index (χ1) is 16.4. The lowest BCUT2D eigenvalue weighted by Gasteiger charge is -2.39. The number of carbonyl (C=O) groups is 1. The second kappa shape index (κ2) is 11.8. The maximum absolute atomic E-state index is 12.0. The molecule has 0 aliphatic carbocycles. The van der Waals surface area contributed by atoms with E-state index in [1.165, 1.54) is 5.56 Å². The summed E-state index contributed by atoms with van der Waals surface area (Å²) in [6, 6.07) is 13.2. The van der Waals surface area contributed by atoms with Gasteiger partial charge in [-0.15, -0.1) is 0 Å². The number of likely N-dealkylation sites (tertiary alicyclic amines) is 2. The van der Waals surface area contributed by atoms with Crippen LogP contribution in [0.15, 0.2) is 42.5 Å². The Balaban J connectivity index is 1.21. The van der Waals surface area contributed by atoms with Gasteiger partial charge in [0.2, 0.25) is 0 Å². The summed E-state index contributed by atoms with van der Waals surface area (Å²) in [6.45, 7) is 6.89. The lowest BCUT2D eigenvalue weighted by atomic mass is 9.93. The third kappa shape index (κ3) is 6.88. The van der Waals surface area contributed by atoms with Crippen molar-refractivity contribution in [2.24, 2.45) is 5.92 Å². The number of piperidine rings is 2. The highest BCUT2D eigenvalue weighted by Gasteiger charge is 2.31. The highest BCUT2D eigenvalue weighted by molar-refractivity contribution is 6.42. The summed E-state index contributed by atoms with van der Waals surface area (Å²) in [6.07, 6.45) is 4.86. The minimum absolute atomic E-state index is 0.202. The number of nitrogens with zero attached hydrogens (tertiary/aromatic N) is 2. The summed E-state index contributed by atoms with van der Waals surface area (Å²) in [4.78, 5) is 16.7. The van der Waals surface area contributed by atoms with Crippen molar-refractivity contribution < 1.29 is 14.6 Å². The zero-order chi connectivity index (χ0) is 24.1. The van der Waals surface area contributed by atoms with Crippen LogP contribution in [0.2, 0.25) is 10.0 Å². The second-order valence-corrected chi connectivity index (χ2v) is 10.5. The molecule has 0 spiro atoms. The summed E-state index contributed by atoms with van der Waals surface area (Å²) in [5.74, 6) is 0.681. The number of carboxylic acid groups (broad SMARTS) is 1. The van der Waals surface area contributed by atoms with Crippen LogP contribution in [0.3, 0.4) is 0 Å². The number of hydrogen-bond acceptors (Lipinski definition) is 4. The monoisotopic (exact) mass is 504 g/mol. The topological polar surface area (TPSA) is 53.0 Å². The zero-order valence-corrected chi connectivity index (χ0v) is 21.3. The van der Waals surface area contributed by atoms with Crippen molar-refractivity contribution in [2.45, 2.75) is 51.2 Å².